The summed E-state index contributed by atoms with van der Waals surface area (Å²) in [6.45, 7) is 1.54. The lowest BCUT2D eigenvalue weighted by atomic mass is 9.90. The molecule has 1 aromatic heterocycles. The van der Waals surface area contributed by atoms with E-state index in [0.29, 0.717) is 71.6 Å². The van der Waals surface area contributed by atoms with Gasteiger partial charge < -0.3 is 29.6 Å². The molecular formula is C24H26N4O5. The van der Waals surface area contributed by atoms with Crippen molar-refractivity contribution in [3.05, 3.63) is 36.4 Å². The highest BCUT2D eigenvalue weighted by Crippen LogP contribution is 2.35. The minimum absolute atomic E-state index is 0.0833. The average molecular weight is 450 g/mol. The van der Waals surface area contributed by atoms with E-state index in [1.807, 2.05) is 24.3 Å². The molecule has 0 amide bonds. The number of rotatable bonds is 5. The fourth-order valence-corrected chi connectivity index (χ4v) is 4.39. The Balaban J connectivity index is 1.28. The Bertz CT molecular complexity index is 1190. The van der Waals surface area contributed by atoms with Gasteiger partial charge in [-0.15, -0.1) is 0 Å². The summed E-state index contributed by atoms with van der Waals surface area (Å²) in [6, 6.07) is 11.0. The van der Waals surface area contributed by atoms with Gasteiger partial charge in [0.2, 0.25) is 5.95 Å². The molecule has 3 heterocycles. The number of nitrogen functional groups attached to an aromatic ring is 1. The van der Waals surface area contributed by atoms with Crippen LogP contribution in [0.3, 0.4) is 0 Å². The predicted molar refractivity (Wildman–Crippen MR) is 123 cm³/mol. The zero-order chi connectivity index (χ0) is 22.9. The minimum atomic E-state index is -0.577. The van der Waals surface area contributed by atoms with E-state index in [1.165, 1.54) is 0 Å². The first-order chi connectivity index (χ1) is 16.1. The molecule has 0 aliphatic carbocycles. The van der Waals surface area contributed by atoms with Crippen molar-refractivity contribution in [2.75, 3.05) is 44.5 Å². The van der Waals surface area contributed by atoms with Crippen molar-refractivity contribution in [1.29, 1.82) is 0 Å². The fraction of sp³-hybridized carbons (Fsp3) is 0.375. The number of hydrogen-bond acceptors (Lipinski definition) is 9. The van der Waals surface area contributed by atoms with E-state index in [4.69, 9.17) is 29.7 Å². The van der Waals surface area contributed by atoms with Crippen molar-refractivity contribution in [3.8, 4) is 23.0 Å². The van der Waals surface area contributed by atoms with E-state index in [0.717, 1.165) is 0 Å². The van der Waals surface area contributed by atoms with Crippen LogP contribution in [0, 0.1) is 5.92 Å². The summed E-state index contributed by atoms with van der Waals surface area (Å²) in [5.41, 5.74) is 6.91. The standard InChI is InChI=1S/C24H26N4O5/c1-30-19-11-15-16(12-20(19)31-2)26-24(27-23(15)25)28-9-7-14(8-10-28)22(29)21-13-32-17-5-3-4-6-18(17)33-21/h3-6,11-12,14,21H,7-10,13H2,1-2H3,(H2,25,26,27). The largest absolute Gasteiger partial charge is 0.493 e. The van der Waals surface area contributed by atoms with Crippen molar-refractivity contribution in [3.63, 3.8) is 0 Å². The molecule has 1 saturated heterocycles. The first-order valence-electron chi connectivity index (χ1n) is 10.9. The number of ketones is 1. The molecule has 2 aromatic carbocycles. The smallest absolute Gasteiger partial charge is 0.227 e. The van der Waals surface area contributed by atoms with Crippen molar-refractivity contribution in [2.45, 2.75) is 18.9 Å². The maximum atomic E-state index is 13.1. The first-order valence-corrected chi connectivity index (χ1v) is 10.9. The Kier molecular flexibility index (Phi) is 5.53. The highest BCUT2D eigenvalue weighted by Gasteiger charge is 2.35. The number of aromatic nitrogens is 2. The van der Waals surface area contributed by atoms with E-state index in [9.17, 15) is 4.79 Å². The number of para-hydroxylation sites is 2. The maximum absolute atomic E-state index is 13.1. The predicted octanol–water partition coefficient (Wildman–Crippen LogP) is 2.85. The Labute approximate surface area is 191 Å². The summed E-state index contributed by atoms with van der Waals surface area (Å²) < 4.78 is 22.4. The van der Waals surface area contributed by atoms with Gasteiger partial charge in [-0.2, -0.15) is 4.98 Å². The molecule has 2 aliphatic heterocycles. The summed E-state index contributed by atoms with van der Waals surface area (Å²) in [7, 11) is 3.15. The molecule has 2 aliphatic rings. The number of fused-ring (bicyclic) bond motifs is 2. The average Bonchev–Trinajstić information content (AvgIpc) is 2.87. The summed E-state index contributed by atoms with van der Waals surface area (Å²) in [4.78, 5) is 24.3. The monoisotopic (exact) mass is 450 g/mol. The molecule has 9 nitrogen and oxygen atoms in total. The lowest BCUT2D eigenvalue weighted by Crippen LogP contribution is -2.44. The van der Waals surface area contributed by atoms with Crippen LogP contribution in [0.25, 0.3) is 10.9 Å². The topological polar surface area (TPSA) is 109 Å². The molecule has 3 aromatic rings. The third-order valence-electron chi connectivity index (χ3n) is 6.22. The third kappa shape index (κ3) is 3.94. The molecule has 1 atom stereocenters. The molecule has 1 unspecified atom stereocenters. The highest BCUT2D eigenvalue weighted by atomic mass is 16.6. The number of methoxy groups -OCH3 is 2. The van der Waals surface area contributed by atoms with Gasteiger partial charge in [-0.3, -0.25) is 4.79 Å². The van der Waals surface area contributed by atoms with Crippen LogP contribution in [0.1, 0.15) is 12.8 Å². The first kappa shape index (κ1) is 21.1. The van der Waals surface area contributed by atoms with Crippen LogP contribution in [0.4, 0.5) is 11.8 Å². The molecule has 0 bridgehead atoms. The zero-order valence-electron chi connectivity index (χ0n) is 18.6. The van der Waals surface area contributed by atoms with E-state index < -0.39 is 6.10 Å². The van der Waals surface area contributed by atoms with Gasteiger partial charge in [0, 0.05) is 30.5 Å². The second-order valence-corrected chi connectivity index (χ2v) is 8.16. The van der Waals surface area contributed by atoms with Crippen LogP contribution >= 0.6 is 0 Å². The second-order valence-electron chi connectivity index (χ2n) is 8.16. The van der Waals surface area contributed by atoms with Gasteiger partial charge in [0.05, 0.1) is 19.7 Å². The van der Waals surface area contributed by atoms with Gasteiger partial charge in [0.1, 0.15) is 12.4 Å². The normalized spacial score (nSPS) is 18.2. The number of hydrogen-bond donors (Lipinski definition) is 1. The van der Waals surface area contributed by atoms with Gasteiger partial charge in [-0.25, -0.2) is 4.98 Å². The molecule has 0 radical (unpaired) electrons. The summed E-state index contributed by atoms with van der Waals surface area (Å²) in [5.74, 6) is 3.36. The Hall–Kier alpha value is -3.75. The van der Waals surface area contributed by atoms with Gasteiger partial charge >= 0.3 is 0 Å². The Morgan fingerprint density at radius 1 is 1.06 bits per heavy atom. The second kappa shape index (κ2) is 8.65. The molecule has 0 saturated carbocycles. The van der Waals surface area contributed by atoms with Crippen LogP contribution in [0.15, 0.2) is 36.4 Å². The van der Waals surface area contributed by atoms with Gasteiger partial charge in [-0.05, 0) is 31.0 Å². The maximum Gasteiger partial charge on any atom is 0.227 e. The number of benzene rings is 2. The minimum Gasteiger partial charge on any atom is -0.493 e. The van der Waals surface area contributed by atoms with Gasteiger partial charge in [-0.1, -0.05) is 12.1 Å². The number of anilines is 2. The van der Waals surface area contributed by atoms with E-state index in [1.54, 1.807) is 26.4 Å². The molecule has 9 heteroatoms. The molecule has 33 heavy (non-hydrogen) atoms. The summed E-state index contributed by atoms with van der Waals surface area (Å²) in [6.07, 6.45) is 0.799. The van der Waals surface area contributed by atoms with Crippen molar-refractivity contribution >= 4 is 28.5 Å². The van der Waals surface area contributed by atoms with Crippen LogP contribution in [-0.2, 0) is 4.79 Å². The van der Waals surface area contributed by atoms with Gasteiger partial charge in [0.25, 0.3) is 0 Å². The van der Waals surface area contributed by atoms with Crippen LogP contribution in [0.2, 0.25) is 0 Å². The number of Topliss-reactive ketones (excluding diaryl/α,β-unsaturated/α-hetero) is 1. The third-order valence-corrected chi connectivity index (χ3v) is 6.22. The number of ether oxygens (including phenoxy) is 4. The highest BCUT2D eigenvalue weighted by molar-refractivity contribution is 5.92. The van der Waals surface area contributed by atoms with Crippen LogP contribution in [-0.4, -0.2) is 55.8 Å². The molecule has 2 N–H and O–H groups in total. The van der Waals surface area contributed by atoms with Crippen LogP contribution in [0.5, 0.6) is 23.0 Å². The molecular weight excluding hydrogens is 424 g/mol. The Morgan fingerprint density at radius 3 is 2.48 bits per heavy atom. The lowest BCUT2D eigenvalue weighted by Gasteiger charge is -2.34. The molecule has 172 valence electrons. The zero-order valence-corrected chi connectivity index (χ0v) is 18.6. The number of carbonyl (C=O) groups is 1. The van der Waals surface area contributed by atoms with Crippen molar-refractivity contribution in [2.24, 2.45) is 5.92 Å². The van der Waals surface area contributed by atoms with E-state index in [-0.39, 0.29) is 18.3 Å². The van der Waals surface area contributed by atoms with Crippen molar-refractivity contribution < 1.29 is 23.7 Å². The molecule has 5 rings (SSSR count). The lowest BCUT2D eigenvalue weighted by molar-refractivity contribution is -0.132. The Morgan fingerprint density at radius 2 is 1.76 bits per heavy atom. The SMILES string of the molecule is COc1cc2nc(N3CCC(C(=O)C4COc5ccccc5O4)CC3)nc(N)c2cc1OC. The number of piperidine rings is 1. The number of carbonyl (C=O) groups excluding carboxylic acids is 1. The van der Waals surface area contributed by atoms with Gasteiger partial charge in [0.15, 0.2) is 34.9 Å². The summed E-state index contributed by atoms with van der Waals surface area (Å²) in [5, 5.41) is 0.705. The van der Waals surface area contributed by atoms with Crippen molar-refractivity contribution in [1.82, 2.24) is 9.97 Å². The van der Waals surface area contributed by atoms with E-state index in [2.05, 4.69) is 9.88 Å². The number of nitrogens with zero attached hydrogens (tertiary/aromatic N) is 3. The van der Waals surface area contributed by atoms with E-state index >= 15 is 0 Å². The molecule has 0 spiro atoms. The molecule has 1 fully saturated rings. The number of nitrogens with two attached hydrogens (primary N) is 1. The summed E-state index contributed by atoms with van der Waals surface area (Å²) >= 11 is 0. The van der Waals surface area contributed by atoms with Crippen LogP contribution < -0.4 is 29.6 Å². The fourth-order valence-electron chi connectivity index (χ4n) is 4.39. The quantitative estimate of drug-likeness (QED) is 0.627.